The van der Waals surface area contributed by atoms with Gasteiger partial charge in [-0.15, -0.1) is 0 Å². The molecule has 0 aliphatic heterocycles. The maximum atomic E-state index is 13.0. The Hall–Kier alpha value is -2.93. The molecule has 1 aliphatic carbocycles. The summed E-state index contributed by atoms with van der Waals surface area (Å²) in [5.41, 5.74) is -0.738. The molecular formula is C18H12BrF3N4O2. The number of hydrogen-bond acceptors (Lipinski definition) is 5. The predicted molar refractivity (Wildman–Crippen MR) is 96.7 cm³/mol. The fraction of sp³-hybridized carbons (Fsp3) is 0.222. The number of allylic oxidation sites excluding steroid dienone is 5. The zero-order chi connectivity index (χ0) is 20.6. The summed E-state index contributed by atoms with van der Waals surface area (Å²) in [6.45, 7) is 1.68. The van der Waals surface area contributed by atoms with Crippen molar-refractivity contribution >= 4 is 27.5 Å². The number of halogens is 4. The van der Waals surface area contributed by atoms with Gasteiger partial charge in [-0.25, -0.2) is 9.97 Å². The number of aliphatic hydroxyl groups is 1. The number of ketones is 1. The van der Waals surface area contributed by atoms with Crippen LogP contribution in [-0.2, 0) is 12.6 Å². The van der Waals surface area contributed by atoms with E-state index in [9.17, 15) is 28.3 Å². The Morgan fingerprint density at radius 1 is 1.46 bits per heavy atom. The number of imidazole rings is 1. The van der Waals surface area contributed by atoms with Crippen LogP contribution in [0.2, 0.25) is 0 Å². The van der Waals surface area contributed by atoms with Crippen LogP contribution < -0.4 is 0 Å². The van der Waals surface area contributed by atoms with E-state index in [1.807, 2.05) is 0 Å². The molecule has 0 saturated heterocycles. The lowest BCUT2D eigenvalue weighted by molar-refractivity contribution is -0.138. The van der Waals surface area contributed by atoms with Crippen LogP contribution >= 0.6 is 15.9 Å². The second kappa shape index (κ2) is 7.24. The smallest absolute Gasteiger partial charge is 0.419 e. The fourth-order valence-corrected chi connectivity index (χ4v) is 3.13. The number of alkyl halides is 3. The SMILES string of the molecule is CCc1c(C(=O)C2=CCC(Br)=C(O)C(C#N)=C2)nc2ncc(C(F)(F)F)cn12. The Morgan fingerprint density at radius 3 is 2.79 bits per heavy atom. The highest BCUT2D eigenvalue weighted by molar-refractivity contribution is 9.11. The Balaban J connectivity index is 2.12. The molecule has 0 saturated carbocycles. The van der Waals surface area contributed by atoms with Crippen LogP contribution in [0.25, 0.3) is 5.78 Å². The molecule has 0 amide bonds. The molecule has 2 heterocycles. The summed E-state index contributed by atoms with van der Waals surface area (Å²) in [6.07, 6.45) is 0.0698. The van der Waals surface area contributed by atoms with Gasteiger partial charge in [0.1, 0.15) is 17.5 Å². The van der Waals surface area contributed by atoms with Gasteiger partial charge in [0.2, 0.25) is 11.6 Å². The minimum Gasteiger partial charge on any atom is -0.506 e. The second-order valence-electron chi connectivity index (χ2n) is 5.89. The molecule has 6 nitrogen and oxygen atoms in total. The van der Waals surface area contributed by atoms with Crippen molar-refractivity contribution in [3.05, 3.63) is 62.9 Å². The van der Waals surface area contributed by atoms with E-state index < -0.39 is 17.5 Å². The topological polar surface area (TPSA) is 91.3 Å². The molecule has 0 unspecified atom stereocenters. The van der Waals surface area contributed by atoms with Crippen LogP contribution in [0.1, 0.15) is 35.1 Å². The first kappa shape index (κ1) is 19.8. The van der Waals surface area contributed by atoms with Crippen molar-refractivity contribution in [3.63, 3.8) is 0 Å². The van der Waals surface area contributed by atoms with Gasteiger partial charge < -0.3 is 5.11 Å². The highest BCUT2D eigenvalue weighted by Crippen LogP contribution is 2.30. The number of aryl methyl sites for hydroxylation is 1. The summed E-state index contributed by atoms with van der Waals surface area (Å²) in [4.78, 5) is 20.8. The number of fused-ring (bicyclic) bond motifs is 1. The van der Waals surface area contributed by atoms with E-state index in [0.717, 1.165) is 10.6 Å². The lowest BCUT2D eigenvalue weighted by Gasteiger charge is -2.07. The Bertz CT molecular complexity index is 1120. The van der Waals surface area contributed by atoms with Crippen LogP contribution in [0.3, 0.4) is 0 Å². The Labute approximate surface area is 165 Å². The minimum absolute atomic E-state index is 0.0333. The third kappa shape index (κ3) is 3.45. The molecule has 144 valence electrons. The van der Waals surface area contributed by atoms with E-state index in [1.54, 1.807) is 13.0 Å². The molecule has 0 fully saturated rings. The highest BCUT2D eigenvalue weighted by Gasteiger charge is 2.32. The molecule has 2 aromatic rings. The van der Waals surface area contributed by atoms with Crippen LogP contribution in [0.4, 0.5) is 13.2 Å². The number of hydrogen-bond donors (Lipinski definition) is 1. The lowest BCUT2D eigenvalue weighted by Crippen LogP contribution is -2.09. The summed E-state index contributed by atoms with van der Waals surface area (Å²) in [7, 11) is 0. The van der Waals surface area contributed by atoms with E-state index in [1.165, 1.54) is 12.2 Å². The summed E-state index contributed by atoms with van der Waals surface area (Å²) < 4.78 is 40.4. The third-order valence-corrected chi connectivity index (χ3v) is 4.85. The average Bonchev–Trinajstić information content (AvgIpc) is 2.96. The maximum absolute atomic E-state index is 13.0. The van der Waals surface area contributed by atoms with E-state index in [4.69, 9.17) is 0 Å². The second-order valence-corrected chi connectivity index (χ2v) is 6.84. The van der Waals surface area contributed by atoms with Gasteiger partial charge in [-0.3, -0.25) is 9.20 Å². The molecule has 0 bridgehead atoms. The summed E-state index contributed by atoms with van der Waals surface area (Å²) in [5.74, 6) is -0.878. The first-order valence-electron chi connectivity index (χ1n) is 8.06. The van der Waals surface area contributed by atoms with E-state index in [-0.39, 0.29) is 46.9 Å². The minimum atomic E-state index is -4.58. The molecule has 3 rings (SSSR count). The van der Waals surface area contributed by atoms with Crippen molar-refractivity contribution in [2.75, 3.05) is 0 Å². The predicted octanol–water partition coefficient (Wildman–Crippen LogP) is 4.44. The monoisotopic (exact) mass is 452 g/mol. The van der Waals surface area contributed by atoms with Gasteiger partial charge in [-0.1, -0.05) is 28.9 Å². The lowest BCUT2D eigenvalue weighted by atomic mass is 10.0. The van der Waals surface area contributed by atoms with E-state index in [0.29, 0.717) is 10.7 Å². The summed E-state index contributed by atoms with van der Waals surface area (Å²) in [6, 6.07) is 1.81. The normalized spacial score (nSPS) is 15.1. The van der Waals surface area contributed by atoms with Crippen LogP contribution in [0, 0.1) is 11.3 Å². The average molecular weight is 453 g/mol. The Morgan fingerprint density at radius 2 is 2.18 bits per heavy atom. The third-order valence-electron chi connectivity index (χ3n) is 4.15. The van der Waals surface area contributed by atoms with Crippen molar-refractivity contribution in [2.24, 2.45) is 0 Å². The number of Topliss-reactive ketones (excluding diaryl/α,β-unsaturated/α-hetero) is 1. The molecule has 0 aromatic carbocycles. The standard InChI is InChI=1S/C18H12BrF3N4O2/c1-2-13-14(25-17-24-7-11(8-26(13)17)18(20,21)22)16(28)9-3-4-12(19)15(27)10(5-9)6-23/h3,5,7-8,27H,2,4H2,1H3. The molecule has 0 atom stereocenters. The summed E-state index contributed by atoms with van der Waals surface area (Å²) in [5, 5.41) is 19.2. The van der Waals surface area contributed by atoms with Gasteiger partial charge >= 0.3 is 6.18 Å². The van der Waals surface area contributed by atoms with Gasteiger partial charge in [0.05, 0.1) is 16.8 Å². The quantitative estimate of drug-likeness (QED) is 0.695. The number of carbonyl (C=O) groups excluding carboxylic acids is 1. The Kier molecular flexibility index (Phi) is 5.12. The van der Waals surface area contributed by atoms with Gasteiger partial charge in [-0.05, 0) is 12.5 Å². The van der Waals surface area contributed by atoms with Gasteiger partial charge in [-0.2, -0.15) is 18.4 Å². The zero-order valence-electron chi connectivity index (χ0n) is 14.4. The molecule has 1 aliphatic rings. The molecule has 1 N–H and O–H groups in total. The molecule has 2 aromatic heterocycles. The number of aliphatic hydroxyl groups excluding tert-OH is 1. The van der Waals surface area contributed by atoms with Crippen molar-refractivity contribution in [1.82, 2.24) is 14.4 Å². The van der Waals surface area contributed by atoms with Crippen LogP contribution in [-0.4, -0.2) is 25.3 Å². The van der Waals surface area contributed by atoms with Gasteiger partial charge in [0.15, 0.2) is 0 Å². The number of rotatable bonds is 3. The van der Waals surface area contributed by atoms with Crippen molar-refractivity contribution in [2.45, 2.75) is 25.9 Å². The molecule has 0 radical (unpaired) electrons. The number of nitrogens with zero attached hydrogens (tertiary/aromatic N) is 4. The van der Waals surface area contributed by atoms with Crippen LogP contribution in [0.5, 0.6) is 0 Å². The fourth-order valence-electron chi connectivity index (χ4n) is 2.75. The summed E-state index contributed by atoms with van der Waals surface area (Å²) >= 11 is 3.15. The van der Waals surface area contributed by atoms with Gasteiger partial charge in [0.25, 0.3) is 0 Å². The zero-order valence-corrected chi connectivity index (χ0v) is 16.0. The van der Waals surface area contributed by atoms with Crippen molar-refractivity contribution in [3.8, 4) is 6.07 Å². The molecule has 0 spiro atoms. The maximum Gasteiger partial charge on any atom is 0.419 e. The van der Waals surface area contributed by atoms with Crippen LogP contribution in [0.15, 0.2) is 45.9 Å². The number of aromatic nitrogens is 3. The number of carbonyl (C=O) groups is 1. The van der Waals surface area contributed by atoms with E-state index >= 15 is 0 Å². The largest absolute Gasteiger partial charge is 0.506 e. The van der Waals surface area contributed by atoms with E-state index in [2.05, 4.69) is 25.9 Å². The van der Waals surface area contributed by atoms with Crippen molar-refractivity contribution in [1.29, 1.82) is 5.26 Å². The van der Waals surface area contributed by atoms with Crippen molar-refractivity contribution < 1.29 is 23.1 Å². The number of nitriles is 1. The first-order chi connectivity index (χ1) is 13.2. The molecular weight excluding hydrogens is 441 g/mol. The first-order valence-corrected chi connectivity index (χ1v) is 8.85. The highest BCUT2D eigenvalue weighted by atomic mass is 79.9. The molecule has 28 heavy (non-hydrogen) atoms. The molecule has 10 heteroatoms. The van der Waals surface area contributed by atoms with Gasteiger partial charge in [0, 0.05) is 28.9 Å².